The highest BCUT2D eigenvalue weighted by Gasteiger charge is 2.06. The van der Waals surface area contributed by atoms with Crippen molar-refractivity contribution in [1.82, 2.24) is 9.88 Å². The molecule has 0 bridgehead atoms. The van der Waals surface area contributed by atoms with Gasteiger partial charge in [-0.15, -0.1) is 0 Å². The van der Waals surface area contributed by atoms with E-state index in [0.29, 0.717) is 12.1 Å². The Morgan fingerprint density at radius 1 is 0.833 bits per heavy atom. The van der Waals surface area contributed by atoms with E-state index in [2.05, 4.69) is 34.3 Å². The average molecular weight is 314 g/mol. The van der Waals surface area contributed by atoms with Gasteiger partial charge in [-0.1, -0.05) is 48.5 Å². The fraction of sp³-hybridized carbons (Fsp3) is 0.0952. The van der Waals surface area contributed by atoms with Crippen molar-refractivity contribution in [3.05, 3.63) is 84.6 Å². The summed E-state index contributed by atoms with van der Waals surface area (Å²) in [5, 5.41) is 6.46. The lowest BCUT2D eigenvalue weighted by molar-refractivity contribution is 0.0952. The van der Waals surface area contributed by atoms with E-state index < -0.39 is 0 Å². The summed E-state index contributed by atoms with van der Waals surface area (Å²) in [5.41, 5.74) is 1.89. The van der Waals surface area contributed by atoms with Crippen LogP contribution in [0, 0.1) is 0 Å². The Bertz CT molecular complexity index is 1020. The number of benzene rings is 3. The van der Waals surface area contributed by atoms with Crippen molar-refractivity contribution >= 4 is 27.6 Å². The van der Waals surface area contributed by atoms with Crippen LogP contribution in [0.1, 0.15) is 10.4 Å². The van der Waals surface area contributed by atoms with Gasteiger partial charge in [0.1, 0.15) is 0 Å². The van der Waals surface area contributed by atoms with Crippen LogP contribution in [0.4, 0.5) is 0 Å². The SMILES string of the molecule is O=C(NCCn1ccc2ccccc21)c1ccc2ccccc2c1. The first-order valence-corrected chi connectivity index (χ1v) is 8.12. The third-order valence-electron chi connectivity index (χ3n) is 4.33. The molecule has 1 N–H and O–H groups in total. The Morgan fingerprint density at radius 2 is 1.58 bits per heavy atom. The summed E-state index contributed by atoms with van der Waals surface area (Å²) in [4.78, 5) is 12.4. The lowest BCUT2D eigenvalue weighted by atomic mass is 10.1. The van der Waals surface area contributed by atoms with Crippen LogP contribution in [0.25, 0.3) is 21.7 Å². The van der Waals surface area contributed by atoms with Crippen molar-refractivity contribution in [2.45, 2.75) is 6.54 Å². The van der Waals surface area contributed by atoms with Gasteiger partial charge < -0.3 is 9.88 Å². The zero-order chi connectivity index (χ0) is 16.4. The zero-order valence-corrected chi connectivity index (χ0v) is 13.3. The molecular formula is C21H18N2O. The van der Waals surface area contributed by atoms with Crippen molar-refractivity contribution in [2.75, 3.05) is 6.54 Å². The predicted octanol–water partition coefficient (Wildman–Crippen LogP) is 4.22. The predicted molar refractivity (Wildman–Crippen MR) is 98.2 cm³/mol. The molecule has 1 aromatic heterocycles. The van der Waals surface area contributed by atoms with Crippen molar-refractivity contribution in [1.29, 1.82) is 0 Å². The minimum atomic E-state index is -0.0304. The van der Waals surface area contributed by atoms with Crippen LogP contribution in [0.15, 0.2) is 79.0 Å². The quantitative estimate of drug-likeness (QED) is 0.601. The number of aromatic nitrogens is 1. The van der Waals surface area contributed by atoms with Crippen molar-refractivity contribution in [3.8, 4) is 0 Å². The number of nitrogens with one attached hydrogen (secondary N) is 1. The van der Waals surface area contributed by atoms with E-state index in [1.165, 1.54) is 10.9 Å². The average Bonchev–Trinajstić information content (AvgIpc) is 3.04. The highest BCUT2D eigenvalue weighted by atomic mass is 16.1. The smallest absolute Gasteiger partial charge is 0.251 e. The van der Waals surface area contributed by atoms with Gasteiger partial charge in [0.05, 0.1) is 0 Å². The largest absolute Gasteiger partial charge is 0.350 e. The fourth-order valence-corrected chi connectivity index (χ4v) is 3.06. The monoisotopic (exact) mass is 314 g/mol. The Kier molecular flexibility index (Phi) is 3.75. The normalized spacial score (nSPS) is 11.0. The van der Waals surface area contributed by atoms with Crippen molar-refractivity contribution in [3.63, 3.8) is 0 Å². The van der Waals surface area contributed by atoms with E-state index in [9.17, 15) is 4.79 Å². The van der Waals surface area contributed by atoms with E-state index in [0.717, 1.165) is 17.3 Å². The summed E-state index contributed by atoms with van der Waals surface area (Å²) in [7, 11) is 0. The second-order valence-electron chi connectivity index (χ2n) is 5.89. The molecule has 0 aliphatic heterocycles. The molecule has 0 saturated carbocycles. The molecule has 0 fully saturated rings. The molecule has 3 heteroatoms. The Morgan fingerprint density at radius 3 is 2.46 bits per heavy atom. The zero-order valence-electron chi connectivity index (χ0n) is 13.3. The number of hydrogen-bond acceptors (Lipinski definition) is 1. The molecule has 0 unspecified atom stereocenters. The highest BCUT2D eigenvalue weighted by molar-refractivity contribution is 5.98. The summed E-state index contributed by atoms with van der Waals surface area (Å²) in [5.74, 6) is -0.0304. The van der Waals surface area contributed by atoms with Crippen molar-refractivity contribution < 1.29 is 4.79 Å². The van der Waals surface area contributed by atoms with E-state index >= 15 is 0 Å². The lowest BCUT2D eigenvalue weighted by Crippen LogP contribution is -2.27. The van der Waals surface area contributed by atoms with E-state index in [4.69, 9.17) is 0 Å². The molecule has 3 nitrogen and oxygen atoms in total. The molecule has 0 radical (unpaired) electrons. The summed E-state index contributed by atoms with van der Waals surface area (Å²) < 4.78 is 2.16. The first kappa shape index (κ1) is 14.5. The van der Waals surface area contributed by atoms with Gasteiger partial charge in [0.2, 0.25) is 0 Å². The Balaban J connectivity index is 1.44. The van der Waals surface area contributed by atoms with Crippen LogP contribution >= 0.6 is 0 Å². The molecule has 24 heavy (non-hydrogen) atoms. The minimum Gasteiger partial charge on any atom is -0.350 e. The molecule has 118 valence electrons. The van der Waals surface area contributed by atoms with Gasteiger partial charge in [0.15, 0.2) is 0 Å². The van der Waals surface area contributed by atoms with Gasteiger partial charge in [-0.2, -0.15) is 0 Å². The molecule has 1 heterocycles. The summed E-state index contributed by atoms with van der Waals surface area (Å²) in [6, 6.07) is 24.2. The molecule has 1 amide bonds. The molecule has 0 atom stereocenters. The number of nitrogens with zero attached hydrogens (tertiary/aromatic N) is 1. The maximum absolute atomic E-state index is 12.4. The Labute approximate surface area is 140 Å². The van der Waals surface area contributed by atoms with Gasteiger partial charge in [-0.3, -0.25) is 4.79 Å². The van der Waals surface area contributed by atoms with Gasteiger partial charge in [0.25, 0.3) is 5.91 Å². The first-order chi connectivity index (χ1) is 11.8. The van der Waals surface area contributed by atoms with Crippen molar-refractivity contribution in [2.24, 2.45) is 0 Å². The van der Waals surface area contributed by atoms with E-state index in [1.54, 1.807) is 0 Å². The number of hydrogen-bond donors (Lipinski definition) is 1. The number of fused-ring (bicyclic) bond motifs is 2. The number of para-hydroxylation sites is 1. The van der Waals surface area contributed by atoms with Gasteiger partial charge >= 0.3 is 0 Å². The maximum Gasteiger partial charge on any atom is 0.251 e. The molecule has 3 aromatic carbocycles. The molecule has 0 aliphatic carbocycles. The van der Waals surface area contributed by atoms with E-state index in [-0.39, 0.29) is 5.91 Å². The third kappa shape index (κ3) is 2.76. The fourth-order valence-electron chi connectivity index (χ4n) is 3.06. The van der Waals surface area contributed by atoms with Crippen LogP contribution in [-0.4, -0.2) is 17.0 Å². The number of amides is 1. The van der Waals surface area contributed by atoms with Crippen LogP contribution in [0.3, 0.4) is 0 Å². The second kappa shape index (κ2) is 6.20. The van der Waals surface area contributed by atoms with Crippen LogP contribution in [0.5, 0.6) is 0 Å². The third-order valence-corrected chi connectivity index (χ3v) is 4.33. The highest BCUT2D eigenvalue weighted by Crippen LogP contribution is 2.16. The van der Waals surface area contributed by atoms with Gasteiger partial charge in [-0.25, -0.2) is 0 Å². The standard InChI is InChI=1S/C21H18N2O/c24-21(19-10-9-16-5-1-2-7-18(16)15-19)22-12-14-23-13-11-17-6-3-4-8-20(17)23/h1-11,13,15H,12,14H2,(H,22,24). The lowest BCUT2D eigenvalue weighted by Gasteiger charge is -2.08. The Hall–Kier alpha value is -3.07. The van der Waals surface area contributed by atoms with Gasteiger partial charge in [0, 0.05) is 30.4 Å². The van der Waals surface area contributed by atoms with Crippen LogP contribution < -0.4 is 5.32 Å². The minimum absolute atomic E-state index is 0.0304. The van der Waals surface area contributed by atoms with Crippen LogP contribution in [0.2, 0.25) is 0 Å². The molecule has 4 rings (SSSR count). The molecule has 0 saturated heterocycles. The summed E-state index contributed by atoms with van der Waals surface area (Å²) in [6.45, 7) is 1.36. The molecular weight excluding hydrogens is 296 g/mol. The summed E-state index contributed by atoms with van der Waals surface area (Å²) in [6.07, 6.45) is 2.06. The van der Waals surface area contributed by atoms with E-state index in [1.807, 2.05) is 54.6 Å². The van der Waals surface area contributed by atoms with Gasteiger partial charge in [-0.05, 0) is 40.4 Å². The molecule has 4 aromatic rings. The first-order valence-electron chi connectivity index (χ1n) is 8.12. The molecule has 0 aliphatic rings. The number of carbonyl (C=O) groups excluding carboxylic acids is 1. The molecule has 0 spiro atoms. The van der Waals surface area contributed by atoms with Crippen LogP contribution in [-0.2, 0) is 6.54 Å². The second-order valence-corrected chi connectivity index (χ2v) is 5.89. The number of rotatable bonds is 4. The maximum atomic E-state index is 12.4. The number of carbonyl (C=O) groups is 1. The summed E-state index contributed by atoms with van der Waals surface area (Å²) >= 11 is 0. The topological polar surface area (TPSA) is 34.0 Å².